The maximum absolute atomic E-state index is 13.2. The number of nitrogens with two attached hydrogens (primary N) is 1. The van der Waals surface area contributed by atoms with Gasteiger partial charge >= 0.3 is 5.69 Å². The molecule has 17 heavy (non-hydrogen) atoms. The lowest BCUT2D eigenvalue weighted by molar-refractivity contribution is -0.387. The van der Waals surface area contributed by atoms with Crippen molar-refractivity contribution >= 4 is 5.69 Å². The minimum absolute atomic E-state index is 0.343. The largest absolute Gasteiger partial charge is 0.488 e. The molecule has 1 unspecified atom stereocenters. The second-order valence-electron chi connectivity index (χ2n) is 3.04. The summed E-state index contributed by atoms with van der Waals surface area (Å²) >= 11 is 0. The Balaban J connectivity index is 2.93. The molecule has 0 fully saturated rings. The summed E-state index contributed by atoms with van der Waals surface area (Å²) in [6.45, 7) is -0.343. The fourth-order valence-electron chi connectivity index (χ4n) is 0.985. The molecule has 0 amide bonds. The van der Waals surface area contributed by atoms with Gasteiger partial charge in [-0.1, -0.05) is 0 Å². The van der Waals surface area contributed by atoms with E-state index < -0.39 is 34.0 Å². The summed E-state index contributed by atoms with van der Waals surface area (Å²) in [5.74, 6) is -2.85. The van der Waals surface area contributed by atoms with E-state index in [4.69, 9.17) is 15.7 Å². The molecule has 6 nitrogen and oxygen atoms in total. The van der Waals surface area contributed by atoms with Crippen LogP contribution in [0.15, 0.2) is 12.1 Å². The summed E-state index contributed by atoms with van der Waals surface area (Å²) in [4.78, 5) is 9.24. The second-order valence-corrected chi connectivity index (χ2v) is 3.04. The zero-order chi connectivity index (χ0) is 13.0. The van der Waals surface area contributed by atoms with Crippen LogP contribution in [0.5, 0.6) is 5.75 Å². The van der Waals surface area contributed by atoms with Gasteiger partial charge in [-0.05, 0) is 0 Å². The highest BCUT2D eigenvalue weighted by Crippen LogP contribution is 2.26. The molecule has 0 saturated heterocycles. The summed E-state index contributed by atoms with van der Waals surface area (Å²) in [6.07, 6.45) is 0. The van der Waals surface area contributed by atoms with Crippen LogP contribution in [0.25, 0.3) is 0 Å². The molecule has 0 aromatic heterocycles. The minimum atomic E-state index is -1.23. The first-order valence-electron chi connectivity index (χ1n) is 4.37. The number of nitriles is 1. The van der Waals surface area contributed by atoms with Crippen molar-refractivity contribution in [3.63, 3.8) is 0 Å². The second kappa shape index (κ2) is 5.18. The van der Waals surface area contributed by atoms with Crippen LogP contribution in [0.4, 0.5) is 14.5 Å². The maximum atomic E-state index is 13.2. The van der Waals surface area contributed by atoms with Crippen molar-refractivity contribution in [1.82, 2.24) is 0 Å². The lowest BCUT2D eigenvalue weighted by Crippen LogP contribution is -2.25. The molecule has 0 bridgehead atoms. The Hall–Kier alpha value is -2.27. The number of nitrogens with zero attached hydrogens (tertiary/aromatic N) is 2. The third-order valence-corrected chi connectivity index (χ3v) is 1.78. The Kier molecular flexibility index (Phi) is 3.90. The van der Waals surface area contributed by atoms with Gasteiger partial charge in [0, 0.05) is 6.07 Å². The summed E-state index contributed by atoms with van der Waals surface area (Å²) in [7, 11) is 0. The molecule has 2 N–H and O–H groups in total. The Labute approximate surface area is 94.4 Å². The smallest absolute Gasteiger partial charge is 0.307 e. The summed E-state index contributed by atoms with van der Waals surface area (Å²) in [5.41, 5.74) is 4.19. The van der Waals surface area contributed by atoms with Crippen LogP contribution in [0.1, 0.15) is 0 Å². The maximum Gasteiger partial charge on any atom is 0.307 e. The van der Waals surface area contributed by atoms with Crippen molar-refractivity contribution in [3.8, 4) is 11.8 Å². The Morgan fingerprint density at radius 2 is 2.18 bits per heavy atom. The molecule has 1 rings (SSSR count). The molecule has 1 aromatic carbocycles. The van der Waals surface area contributed by atoms with E-state index in [0.717, 1.165) is 0 Å². The number of ether oxygens (including phenoxy) is 1. The zero-order valence-corrected chi connectivity index (χ0v) is 8.39. The van der Waals surface area contributed by atoms with Crippen molar-refractivity contribution in [2.75, 3.05) is 6.61 Å². The van der Waals surface area contributed by atoms with E-state index in [1.54, 1.807) is 6.07 Å². The number of hydrogen-bond donors (Lipinski definition) is 1. The zero-order valence-electron chi connectivity index (χ0n) is 8.39. The third kappa shape index (κ3) is 3.09. The van der Waals surface area contributed by atoms with E-state index in [2.05, 4.69) is 0 Å². The Morgan fingerprint density at radius 1 is 1.53 bits per heavy atom. The lowest BCUT2D eigenvalue weighted by Gasteiger charge is -2.08. The summed E-state index contributed by atoms with van der Waals surface area (Å²) in [6, 6.07) is 1.58. The van der Waals surface area contributed by atoms with Crippen LogP contribution in [-0.4, -0.2) is 17.6 Å². The van der Waals surface area contributed by atoms with Gasteiger partial charge in [-0.15, -0.1) is 0 Å². The topological polar surface area (TPSA) is 102 Å². The van der Waals surface area contributed by atoms with Crippen molar-refractivity contribution < 1.29 is 18.4 Å². The van der Waals surface area contributed by atoms with Crippen molar-refractivity contribution in [2.45, 2.75) is 6.04 Å². The van der Waals surface area contributed by atoms with E-state index in [1.165, 1.54) is 0 Å². The molecule has 0 radical (unpaired) electrons. The fraction of sp³-hybridized carbons (Fsp3) is 0.222. The van der Waals surface area contributed by atoms with Crippen LogP contribution in [0, 0.1) is 33.1 Å². The predicted octanol–water partition coefficient (Wildman–Crippen LogP) is 1.10. The van der Waals surface area contributed by atoms with E-state index in [1.807, 2.05) is 0 Å². The molecule has 0 saturated carbocycles. The average molecular weight is 243 g/mol. The van der Waals surface area contributed by atoms with Gasteiger partial charge in [-0.3, -0.25) is 10.1 Å². The summed E-state index contributed by atoms with van der Waals surface area (Å²) < 4.78 is 31.0. The van der Waals surface area contributed by atoms with Crippen LogP contribution in [-0.2, 0) is 0 Å². The molecule has 0 aliphatic carbocycles. The predicted molar refractivity (Wildman–Crippen MR) is 52.1 cm³/mol. The monoisotopic (exact) mass is 243 g/mol. The van der Waals surface area contributed by atoms with E-state index in [-0.39, 0.29) is 6.61 Å². The number of halogens is 2. The normalized spacial score (nSPS) is 11.6. The van der Waals surface area contributed by atoms with Gasteiger partial charge in [0.15, 0.2) is 11.6 Å². The molecule has 0 spiro atoms. The fourth-order valence-corrected chi connectivity index (χ4v) is 0.985. The molecule has 0 aliphatic rings. The van der Waals surface area contributed by atoms with Crippen molar-refractivity contribution in [2.24, 2.45) is 5.73 Å². The van der Waals surface area contributed by atoms with Gasteiger partial charge in [-0.2, -0.15) is 9.65 Å². The van der Waals surface area contributed by atoms with Gasteiger partial charge in [-0.25, -0.2) is 4.39 Å². The van der Waals surface area contributed by atoms with Crippen LogP contribution < -0.4 is 10.5 Å². The first-order chi connectivity index (χ1) is 7.95. The van der Waals surface area contributed by atoms with Gasteiger partial charge < -0.3 is 10.5 Å². The van der Waals surface area contributed by atoms with Crippen LogP contribution in [0.3, 0.4) is 0 Å². The number of nitro groups is 1. The Morgan fingerprint density at radius 3 is 2.71 bits per heavy atom. The summed E-state index contributed by atoms with van der Waals surface area (Å²) in [5, 5.41) is 18.6. The molecule has 1 atom stereocenters. The molecule has 90 valence electrons. The first kappa shape index (κ1) is 12.8. The Bertz CT molecular complexity index is 487. The van der Waals surface area contributed by atoms with Gasteiger partial charge in [0.05, 0.1) is 17.1 Å². The number of hydrogen-bond acceptors (Lipinski definition) is 5. The quantitative estimate of drug-likeness (QED) is 0.630. The minimum Gasteiger partial charge on any atom is -0.488 e. The van der Waals surface area contributed by atoms with Crippen LogP contribution >= 0.6 is 0 Å². The molecule has 0 heterocycles. The highest BCUT2D eigenvalue weighted by atomic mass is 19.1. The number of benzene rings is 1. The molecule has 0 aliphatic heterocycles. The molecule has 1 aromatic rings. The molecular weight excluding hydrogens is 236 g/mol. The van der Waals surface area contributed by atoms with Gasteiger partial charge in [0.25, 0.3) is 0 Å². The highest BCUT2D eigenvalue weighted by Gasteiger charge is 2.19. The van der Waals surface area contributed by atoms with E-state index in [9.17, 15) is 18.9 Å². The first-order valence-corrected chi connectivity index (χ1v) is 4.37. The lowest BCUT2D eigenvalue weighted by atomic mass is 10.2. The van der Waals surface area contributed by atoms with E-state index in [0.29, 0.717) is 12.1 Å². The van der Waals surface area contributed by atoms with Crippen LogP contribution in [0.2, 0.25) is 0 Å². The van der Waals surface area contributed by atoms with Gasteiger partial charge in [0.2, 0.25) is 5.82 Å². The average Bonchev–Trinajstić information content (AvgIpc) is 2.28. The number of rotatable bonds is 4. The standard InChI is InChI=1S/C9H7F2N3O3/c10-6-2-9(17-4-5(13)3-12)7(11)1-8(6)14(15)16/h1-2,5H,4,13H2. The van der Waals surface area contributed by atoms with Crippen molar-refractivity contribution in [3.05, 3.63) is 33.9 Å². The van der Waals surface area contributed by atoms with Crippen molar-refractivity contribution in [1.29, 1.82) is 5.26 Å². The van der Waals surface area contributed by atoms with E-state index >= 15 is 0 Å². The SMILES string of the molecule is N#CC(N)COc1cc(F)c([N+](=O)[O-])cc1F. The van der Waals surface area contributed by atoms with Gasteiger partial charge in [0.1, 0.15) is 12.6 Å². The highest BCUT2D eigenvalue weighted by molar-refractivity contribution is 5.39. The molecular formula is C9H7F2N3O3. The third-order valence-electron chi connectivity index (χ3n) is 1.78. The molecule has 8 heteroatoms. The number of nitro benzene ring substituents is 1.